The largest absolute Gasteiger partial charge is 0.497 e. The van der Waals surface area contributed by atoms with E-state index in [1.54, 1.807) is 14.2 Å². The van der Waals surface area contributed by atoms with E-state index in [0.717, 1.165) is 33.9 Å². The molecule has 1 aromatic heterocycles. The molecule has 0 N–H and O–H groups in total. The molecule has 0 spiro atoms. The highest BCUT2D eigenvalue weighted by atomic mass is 16.5. The normalized spacial score (nSPS) is 15.2. The number of ether oxygens (including phenoxy) is 3. The molecule has 1 atom stereocenters. The molecule has 29 heavy (non-hydrogen) atoms. The molecule has 0 saturated heterocycles. The van der Waals surface area contributed by atoms with Crippen molar-refractivity contribution in [1.29, 1.82) is 0 Å². The van der Waals surface area contributed by atoms with Crippen molar-refractivity contribution >= 4 is 10.9 Å². The summed E-state index contributed by atoms with van der Waals surface area (Å²) in [4.78, 5) is 0. The van der Waals surface area contributed by atoms with Gasteiger partial charge < -0.3 is 18.8 Å². The van der Waals surface area contributed by atoms with E-state index in [2.05, 4.69) is 60.3 Å². The number of rotatable bonds is 3. The van der Waals surface area contributed by atoms with Crippen molar-refractivity contribution in [3.05, 3.63) is 89.1 Å². The first kappa shape index (κ1) is 17.7. The van der Waals surface area contributed by atoms with Gasteiger partial charge in [0.25, 0.3) is 0 Å². The second kappa shape index (κ2) is 6.89. The van der Waals surface area contributed by atoms with Crippen molar-refractivity contribution in [2.75, 3.05) is 14.2 Å². The van der Waals surface area contributed by atoms with E-state index >= 15 is 0 Å². The molecule has 2 heterocycles. The smallest absolute Gasteiger partial charge is 0.127 e. The van der Waals surface area contributed by atoms with Gasteiger partial charge >= 0.3 is 0 Å². The SMILES string of the molecule is COc1cc2c(c(OC)c1)C(c1cn(C)c3ccccc13)c1ccccc1OC2. The Morgan fingerprint density at radius 3 is 2.55 bits per heavy atom. The molecule has 1 unspecified atom stereocenters. The zero-order valence-corrected chi connectivity index (χ0v) is 16.8. The number of hydrogen-bond donors (Lipinski definition) is 0. The number of nitrogens with zero attached hydrogens (tertiary/aromatic N) is 1. The summed E-state index contributed by atoms with van der Waals surface area (Å²) in [6.45, 7) is 0.473. The molecule has 1 aliphatic heterocycles. The van der Waals surface area contributed by atoms with Crippen LogP contribution in [-0.2, 0) is 13.7 Å². The van der Waals surface area contributed by atoms with Crippen LogP contribution in [0.5, 0.6) is 17.2 Å². The third-order valence-corrected chi connectivity index (χ3v) is 5.80. The zero-order valence-electron chi connectivity index (χ0n) is 16.8. The third-order valence-electron chi connectivity index (χ3n) is 5.80. The summed E-state index contributed by atoms with van der Waals surface area (Å²) in [6, 6.07) is 20.8. The maximum Gasteiger partial charge on any atom is 0.127 e. The predicted octanol–water partition coefficient (Wildman–Crippen LogP) is 5.27. The summed E-state index contributed by atoms with van der Waals surface area (Å²) in [5, 5.41) is 1.24. The lowest BCUT2D eigenvalue weighted by atomic mass is 9.82. The van der Waals surface area contributed by atoms with Gasteiger partial charge in [-0.3, -0.25) is 0 Å². The number of methoxy groups -OCH3 is 2. The van der Waals surface area contributed by atoms with Crippen molar-refractivity contribution in [1.82, 2.24) is 4.57 Å². The van der Waals surface area contributed by atoms with Gasteiger partial charge in [0.1, 0.15) is 23.9 Å². The highest BCUT2D eigenvalue weighted by Crippen LogP contribution is 2.48. The molecular weight excluding hydrogens is 362 g/mol. The van der Waals surface area contributed by atoms with E-state index in [1.807, 2.05) is 18.2 Å². The van der Waals surface area contributed by atoms with Gasteiger partial charge in [0, 0.05) is 52.8 Å². The molecule has 0 fully saturated rings. The van der Waals surface area contributed by atoms with Crippen molar-refractivity contribution in [3.8, 4) is 17.2 Å². The Hall–Kier alpha value is -3.40. The minimum absolute atomic E-state index is 0.00402. The Morgan fingerprint density at radius 1 is 0.931 bits per heavy atom. The molecule has 4 nitrogen and oxygen atoms in total. The topological polar surface area (TPSA) is 32.6 Å². The Labute approximate surface area is 170 Å². The van der Waals surface area contributed by atoms with Crippen molar-refractivity contribution in [3.63, 3.8) is 0 Å². The highest BCUT2D eigenvalue weighted by Gasteiger charge is 2.31. The molecule has 4 heteroatoms. The zero-order chi connectivity index (χ0) is 20.0. The molecular formula is C25H23NO3. The Kier molecular flexibility index (Phi) is 4.20. The van der Waals surface area contributed by atoms with Gasteiger partial charge in [-0.1, -0.05) is 36.4 Å². The minimum atomic E-state index is -0.00402. The van der Waals surface area contributed by atoms with Crippen LogP contribution in [-0.4, -0.2) is 18.8 Å². The molecule has 4 aromatic rings. The average molecular weight is 385 g/mol. The number of para-hydroxylation sites is 2. The summed E-state index contributed by atoms with van der Waals surface area (Å²) >= 11 is 0. The van der Waals surface area contributed by atoms with Crippen LogP contribution in [0.1, 0.15) is 28.2 Å². The first-order valence-corrected chi connectivity index (χ1v) is 9.71. The maximum atomic E-state index is 6.23. The van der Waals surface area contributed by atoms with Crippen molar-refractivity contribution < 1.29 is 14.2 Å². The van der Waals surface area contributed by atoms with Crippen LogP contribution in [0.25, 0.3) is 10.9 Å². The van der Waals surface area contributed by atoms with Gasteiger partial charge in [0.15, 0.2) is 0 Å². The lowest BCUT2D eigenvalue weighted by Crippen LogP contribution is -2.07. The third kappa shape index (κ3) is 2.75. The summed E-state index contributed by atoms with van der Waals surface area (Å²) in [5.74, 6) is 2.49. The number of hydrogen-bond acceptors (Lipinski definition) is 3. The lowest BCUT2D eigenvalue weighted by molar-refractivity contribution is 0.305. The monoisotopic (exact) mass is 385 g/mol. The van der Waals surface area contributed by atoms with Crippen LogP contribution in [0.4, 0.5) is 0 Å². The van der Waals surface area contributed by atoms with Crippen LogP contribution in [0.2, 0.25) is 0 Å². The van der Waals surface area contributed by atoms with E-state index in [1.165, 1.54) is 16.5 Å². The van der Waals surface area contributed by atoms with Gasteiger partial charge in [0.2, 0.25) is 0 Å². The molecule has 0 bridgehead atoms. The quantitative estimate of drug-likeness (QED) is 0.482. The molecule has 3 aromatic carbocycles. The number of benzene rings is 3. The van der Waals surface area contributed by atoms with Gasteiger partial charge in [-0.15, -0.1) is 0 Å². The van der Waals surface area contributed by atoms with Crippen molar-refractivity contribution in [2.45, 2.75) is 12.5 Å². The van der Waals surface area contributed by atoms with Gasteiger partial charge in [-0.05, 0) is 23.8 Å². The fourth-order valence-electron chi connectivity index (χ4n) is 4.48. The fraction of sp³-hybridized carbons (Fsp3) is 0.200. The van der Waals surface area contributed by atoms with E-state index in [0.29, 0.717) is 6.61 Å². The van der Waals surface area contributed by atoms with Crippen molar-refractivity contribution in [2.24, 2.45) is 7.05 Å². The van der Waals surface area contributed by atoms with Crippen LogP contribution in [0, 0.1) is 0 Å². The number of aryl methyl sites for hydroxylation is 1. The van der Waals surface area contributed by atoms with Crippen LogP contribution in [0.15, 0.2) is 66.9 Å². The highest BCUT2D eigenvalue weighted by molar-refractivity contribution is 5.86. The van der Waals surface area contributed by atoms with E-state index < -0.39 is 0 Å². The molecule has 146 valence electrons. The maximum absolute atomic E-state index is 6.23. The lowest BCUT2D eigenvalue weighted by Gasteiger charge is -2.22. The van der Waals surface area contributed by atoms with E-state index in [4.69, 9.17) is 14.2 Å². The number of aromatic nitrogens is 1. The van der Waals surface area contributed by atoms with Crippen LogP contribution >= 0.6 is 0 Å². The molecule has 5 rings (SSSR count). The van der Waals surface area contributed by atoms with Gasteiger partial charge in [-0.25, -0.2) is 0 Å². The predicted molar refractivity (Wildman–Crippen MR) is 114 cm³/mol. The first-order valence-electron chi connectivity index (χ1n) is 9.71. The first-order chi connectivity index (χ1) is 14.2. The molecule has 1 aliphatic rings. The summed E-state index contributed by atoms with van der Waals surface area (Å²) in [7, 11) is 5.49. The van der Waals surface area contributed by atoms with Crippen LogP contribution in [0.3, 0.4) is 0 Å². The second-order valence-electron chi connectivity index (χ2n) is 7.37. The molecule has 0 aliphatic carbocycles. The van der Waals surface area contributed by atoms with Crippen LogP contribution < -0.4 is 14.2 Å². The Bertz CT molecular complexity index is 1210. The number of fused-ring (bicyclic) bond motifs is 3. The molecule has 0 radical (unpaired) electrons. The Morgan fingerprint density at radius 2 is 1.72 bits per heavy atom. The van der Waals surface area contributed by atoms with E-state index in [-0.39, 0.29) is 5.92 Å². The van der Waals surface area contributed by atoms with Gasteiger partial charge in [0.05, 0.1) is 14.2 Å². The van der Waals surface area contributed by atoms with Gasteiger partial charge in [-0.2, -0.15) is 0 Å². The summed E-state index contributed by atoms with van der Waals surface area (Å²) in [6.07, 6.45) is 2.23. The summed E-state index contributed by atoms with van der Waals surface area (Å²) in [5.41, 5.74) is 5.81. The Balaban J connectivity index is 1.87. The molecule has 0 amide bonds. The van der Waals surface area contributed by atoms with E-state index in [9.17, 15) is 0 Å². The minimum Gasteiger partial charge on any atom is -0.497 e. The molecule has 0 saturated carbocycles. The summed E-state index contributed by atoms with van der Waals surface area (Å²) < 4.78 is 19.8. The average Bonchev–Trinajstić information content (AvgIpc) is 3.00. The second-order valence-corrected chi connectivity index (χ2v) is 7.37. The standard InChI is InChI=1S/C25H23NO3/c1-26-14-20(18-8-4-6-10-21(18)26)25-19-9-5-7-11-22(19)29-15-16-12-17(27-2)13-23(28-3)24(16)25/h4-14,25H,15H2,1-3H3. The fourth-order valence-corrected chi connectivity index (χ4v) is 4.48.